The number of hydrogen-bond acceptors (Lipinski definition) is 12. The Bertz CT molecular complexity index is 2180. The van der Waals surface area contributed by atoms with E-state index in [1.165, 1.54) is 113 Å². The molecule has 0 spiro atoms. The Balaban J connectivity index is 0.000000198. The molecule has 2 saturated heterocycles. The molecular formula is C70H118O12. The molecule has 0 bridgehead atoms. The summed E-state index contributed by atoms with van der Waals surface area (Å²) in [6.07, 6.45) is 19.4. The van der Waals surface area contributed by atoms with Crippen LogP contribution in [0.25, 0.3) is 0 Å². The van der Waals surface area contributed by atoms with E-state index in [4.69, 9.17) is 18.9 Å². The third-order valence-corrected chi connectivity index (χ3v) is 26.6. The highest BCUT2D eigenvalue weighted by Gasteiger charge is 2.62. The van der Waals surface area contributed by atoms with E-state index < -0.39 is 74.6 Å². The number of rotatable bonds is 18. The topological polar surface area (TPSA) is 199 Å². The number of allylic oxidation sites excluding steroid dienone is 3. The van der Waals surface area contributed by atoms with Crippen molar-refractivity contribution in [3.05, 3.63) is 35.5 Å². The summed E-state index contributed by atoms with van der Waals surface area (Å²) in [6.45, 7) is 30.5. The van der Waals surface area contributed by atoms with Gasteiger partial charge in [-0.15, -0.1) is 0 Å². The Hall–Kier alpha value is -1.26. The molecule has 6 saturated carbocycles. The molecule has 8 aliphatic carbocycles. The first kappa shape index (κ1) is 65.2. The van der Waals surface area contributed by atoms with Crippen molar-refractivity contribution in [1.29, 1.82) is 0 Å². The Morgan fingerprint density at radius 3 is 1.35 bits per heavy atom. The first-order valence-electron chi connectivity index (χ1n) is 33.8. The normalized spacial score (nSPS) is 47.6. The zero-order valence-corrected chi connectivity index (χ0v) is 53.0. The minimum atomic E-state index is -1.40. The summed E-state index contributed by atoms with van der Waals surface area (Å²) in [4.78, 5) is 0. The van der Waals surface area contributed by atoms with E-state index >= 15 is 0 Å². The quantitative estimate of drug-likeness (QED) is 0.0605. The van der Waals surface area contributed by atoms with Gasteiger partial charge in [-0.25, -0.2) is 0 Å². The molecule has 0 aromatic rings. The van der Waals surface area contributed by atoms with Gasteiger partial charge < -0.3 is 59.8 Å². The fraction of sp³-hybridized carbons (Fsp3) is 0.914. The number of aliphatic hydroxyl groups is 8. The maximum atomic E-state index is 10.5. The molecule has 470 valence electrons. The monoisotopic (exact) mass is 1150 g/mol. The van der Waals surface area contributed by atoms with Crippen LogP contribution < -0.4 is 0 Å². The molecule has 10 aliphatic rings. The van der Waals surface area contributed by atoms with E-state index in [0.717, 1.165) is 116 Å². The summed E-state index contributed by atoms with van der Waals surface area (Å²) in [6, 6.07) is 0. The Kier molecular flexibility index (Phi) is 21.0. The van der Waals surface area contributed by atoms with Crippen LogP contribution in [-0.4, -0.2) is 128 Å². The Morgan fingerprint density at radius 1 is 0.549 bits per heavy atom. The first-order chi connectivity index (χ1) is 38.9. The zero-order valence-electron chi connectivity index (χ0n) is 53.0. The molecule has 8 fully saturated rings. The van der Waals surface area contributed by atoms with Gasteiger partial charge >= 0.3 is 0 Å². The highest BCUT2D eigenvalue weighted by molar-refractivity contribution is 5.27. The summed E-state index contributed by atoms with van der Waals surface area (Å²) in [7, 11) is 0. The molecule has 0 aromatic carbocycles. The predicted molar refractivity (Wildman–Crippen MR) is 322 cm³/mol. The van der Waals surface area contributed by atoms with Gasteiger partial charge in [0.1, 0.15) is 48.8 Å². The van der Waals surface area contributed by atoms with Crippen molar-refractivity contribution in [3.8, 4) is 0 Å². The van der Waals surface area contributed by atoms with Crippen LogP contribution in [0, 0.1) is 98.6 Å². The second-order valence-electron chi connectivity index (χ2n) is 30.8. The van der Waals surface area contributed by atoms with Gasteiger partial charge in [-0.3, -0.25) is 0 Å². The molecule has 0 radical (unpaired) electrons. The fourth-order valence-electron chi connectivity index (χ4n) is 21.3. The van der Waals surface area contributed by atoms with Crippen LogP contribution in [-0.2, 0) is 18.9 Å². The van der Waals surface area contributed by atoms with Gasteiger partial charge in [0, 0.05) is 0 Å². The van der Waals surface area contributed by atoms with Crippen molar-refractivity contribution < 1.29 is 59.8 Å². The lowest BCUT2D eigenvalue weighted by Gasteiger charge is -2.58. The van der Waals surface area contributed by atoms with Gasteiger partial charge in [0.25, 0.3) is 0 Å². The molecule has 10 unspecified atom stereocenters. The van der Waals surface area contributed by atoms with E-state index in [2.05, 4.69) is 94.9 Å². The highest BCUT2D eigenvalue weighted by Crippen LogP contribution is 2.69. The van der Waals surface area contributed by atoms with E-state index in [-0.39, 0.29) is 23.0 Å². The van der Waals surface area contributed by atoms with E-state index in [1.54, 1.807) is 0 Å². The van der Waals surface area contributed by atoms with E-state index in [1.807, 2.05) is 0 Å². The third-order valence-electron chi connectivity index (χ3n) is 26.6. The van der Waals surface area contributed by atoms with Gasteiger partial charge in [-0.2, -0.15) is 0 Å². The molecule has 0 aromatic heterocycles. The molecule has 10 rings (SSSR count). The van der Waals surface area contributed by atoms with E-state index in [9.17, 15) is 40.9 Å². The van der Waals surface area contributed by atoms with Crippen molar-refractivity contribution in [2.75, 3.05) is 13.2 Å². The van der Waals surface area contributed by atoms with Crippen molar-refractivity contribution in [3.63, 3.8) is 0 Å². The van der Waals surface area contributed by atoms with Crippen molar-refractivity contribution >= 4 is 0 Å². The van der Waals surface area contributed by atoms with Crippen molar-refractivity contribution in [2.45, 2.75) is 291 Å². The van der Waals surface area contributed by atoms with Gasteiger partial charge in [-0.05, 0) is 234 Å². The molecule has 2 aliphatic heterocycles. The van der Waals surface area contributed by atoms with Crippen LogP contribution in [0.4, 0.5) is 0 Å². The third kappa shape index (κ3) is 12.3. The minimum Gasteiger partial charge on any atom is -0.394 e. The maximum absolute atomic E-state index is 10.5. The second kappa shape index (κ2) is 26.4. The van der Waals surface area contributed by atoms with Crippen LogP contribution in [0.15, 0.2) is 35.5 Å². The largest absolute Gasteiger partial charge is 0.394 e. The zero-order chi connectivity index (χ0) is 59.4. The smallest absolute Gasteiger partial charge is 0.186 e. The SMILES string of the molecule is C=C(C)[C@H](CC)CC[C@@H](C)[C@H]1CC[C@H]2[C@@H]3CC=C4C[C@@H](OC5OC(CO)C(O)C(O)C5O)CC[C@]4(C)[C@H]3CC[C@]12C.CC[C@H](CC[C@@H](C)[C@H]1CC[C@H]2[C@@H]3CC=C4C[C@@H](OC5OC(CO)C(O)C(O)C5O)CC[C@]4(C)[C@H]3CC[C@]12C)C(C)C. The van der Waals surface area contributed by atoms with Crippen LogP contribution in [0.3, 0.4) is 0 Å². The summed E-state index contributed by atoms with van der Waals surface area (Å²) in [5, 5.41) is 80.8. The van der Waals surface area contributed by atoms with Crippen LogP contribution in [0.2, 0.25) is 0 Å². The molecule has 12 nitrogen and oxygen atoms in total. The molecule has 2 heterocycles. The molecular weight excluding hydrogens is 1030 g/mol. The lowest BCUT2D eigenvalue weighted by atomic mass is 9.47. The van der Waals surface area contributed by atoms with Crippen LogP contribution in [0.5, 0.6) is 0 Å². The fourth-order valence-corrected chi connectivity index (χ4v) is 21.3. The minimum absolute atomic E-state index is 0.101. The summed E-state index contributed by atoms with van der Waals surface area (Å²) >= 11 is 0. The predicted octanol–water partition coefficient (Wildman–Crippen LogP) is 11.6. The Morgan fingerprint density at radius 2 is 0.976 bits per heavy atom. The Labute approximate surface area is 496 Å². The van der Waals surface area contributed by atoms with Crippen LogP contribution >= 0.6 is 0 Å². The average Bonchev–Trinajstić information content (AvgIpc) is 2.62. The number of hydrogen-bond donors (Lipinski definition) is 8. The maximum Gasteiger partial charge on any atom is 0.186 e. The highest BCUT2D eigenvalue weighted by atomic mass is 16.7. The molecule has 0 amide bonds. The first-order valence-corrected chi connectivity index (χ1v) is 33.8. The van der Waals surface area contributed by atoms with Gasteiger partial charge in [-0.1, -0.05) is 118 Å². The second-order valence-corrected chi connectivity index (χ2v) is 30.8. The number of fused-ring (bicyclic) bond motifs is 10. The number of ether oxygens (including phenoxy) is 4. The van der Waals surface area contributed by atoms with Gasteiger partial charge in [0.15, 0.2) is 12.6 Å². The molecule has 12 heteroatoms. The number of aliphatic hydroxyl groups excluding tert-OH is 8. The van der Waals surface area contributed by atoms with Crippen LogP contribution in [0.1, 0.15) is 217 Å². The molecule has 8 N–H and O–H groups in total. The van der Waals surface area contributed by atoms with Gasteiger partial charge in [0.2, 0.25) is 0 Å². The van der Waals surface area contributed by atoms with E-state index in [0.29, 0.717) is 16.7 Å². The summed E-state index contributed by atoms with van der Waals surface area (Å²) < 4.78 is 23.8. The summed E-state index contributed by atoms with van der Waals surface area (Å²) in [5.41, 5.74) is 5.68. The molecule has 28 atom stereocenters. The lowest BCUT2D eigenvalue weighted by molar-refractivity contribution is -0.313. The van der Waals surface area contributed by atoms with Gasteiger partial charge in [0.05, 0.1) is 25.4 Å². The van der Waals surface area contributed by atoms with Crippen molar-refractivity contribution in [1.82, 2.24) is 0 Å². The van der Waals surface area contributed by atoms with Crippen molar-refractivity contribution in [2.24, 2.45) is 98.6 Å². The lowest BCUT2D eigenvalue weighted by Crippen LogP contribution is -2.60. The molecule has 82 heavy (non-hydrogen) atoms. The standard InChI is InChI=1S/C35H60O6.C35H58O6/c2*1-7-22(20(2)3)9-8-21(4)26-12-13-27-25-11-10-23-18-24(14-16-34(23,5)28(25)15-17-35(26,27)6)40-33-32(39)31(38)30(37)29(19-36)41-33/h10,20-22,24-33,36-39H,7-9,11-19H2,1-6H3;10,21-22,24-33,36-39H,2,7-9,11-19H2,1,3-6H3/t2*21-,22-,24+,25+,26-,27+,28+,29?,30?,31?,32?,33?,34+,35-/m11/s1. The summed E-state index contributed by atoms with van der Waals surface area (Å²) in [5.74, 6) is 10.2. The average molecular weight is 1150 g/mol.